The zero-order valence-corrected chi connectivity index (χ0v) is 23.3. The summed E-state index contributed by atoms with van der Waals surface area (Å²) in [5.41, 5.74) is 3.87. The molecule has 1 N–H and O–H groups in total. The Morgan fingerprint density at radius 2 is 2.13 bits per heavy atom. The van der Waals surface area contributed by atoms with E-state index in [0.717, 1.165) is 27.0 Å². The number of aryl methyl sites for hydroxylation is 2. The normalized spacial score (nSPS) is 18.1. The van der Waals surface area contributed by atoms with Crippen LogP contribution in [0.1, 0.15) is 47.8 Å². The van der Waals surface area contributed by atoms with Crippen LogP contribution < -0.4 is 4.74 Å². The number of pyridine rings is 1. The second kappa shape index (κ2) is 10.3. The first kappa shape index (κ1) is 26.5. The first-order chi connectivity index (χ1) is 18.1. The summed E-state index contributed by atoms with van der Waals surface area (Å²) in [5.74, 6) is -1.37. The standard InChI is InChI=1S/C25H26ClN5O5S2/c1-4-31-19-8-7-17(15(3)23(19)28-29-31)18(11-22(32)33)20-10-16(24(26)37-20)13-30-12-14(2)36-25-21(38(30,34)35)6-5-9-27-25/h5-10,14,18H,4,11-13H2,1-3H3,(H,32,33)/t14-,18+/m1/s1. The number of halogens is 1. The third-order valence-corrected chi connectivity index (χ3v) is 10.0. The molecule has 38 heavy (non-hydrogen) atoms. The molecule has 1 aliphatic rings. The molecule has 0 bridgehead atoms. The minimum atomic E-state index is -3.90. The topological polar surface area (TPSA) is 128 Å². The molecule has 0 fully saturated rings. The Kier molecular flexibility index (Phi) is 7.16. The first-order valence-electron chi connectivity index (χ1n) is 12.0. The molecular formula is C25H26ClN5O5S2. The lowest BCUT2D eigenvalue weighted by atomic mass is 9.89. The second-order valence-electron chi connectivity index (χ2n) is 9.18. The van der Waals surface area contributed by atoms with Gasteiger partial charge in [0.2, 0.25) is 15.9 Å². The number of sulfonamides is 1. The van der Waals surface area contributed by atoms with Crippen molar-refractivity contribution >= 4 is 50.0 Å². The fraction of sp³-hybridized carbons (Fsp3) is 0.360. The lowest BCUT2D eigenvalue weighted by molar-refractivity contribution is -0.137. The van der Waals surface area contributed by atoms with Crippen LogP contribution in [0.2, 0.25) is 4.34 Å². The van der Waals surface area contributed by atoms with Crippen molar-refractivity contribution in [2.75, 3.05) is 6.54 Å². The molecule has 3 aromatic heterocycles. The number of thiophene rings is 1. The lowest BCUT2D eigenvalue weighted by Gasteiger charge is -2.21. The van der Waals surface area contributed by atoms with Crippen LogP contribution in [0.4, 0.5) is 0 Å². The van der Waals surface area contributed by atoms with Gasteiger partial charge in [0.15, 0.2) is 0 Å². The molecule has 4 aromatic rings. The lowest BCUT2D eigenvalue weighted by Crippen LogP contribution is -2.35. The van der Waals surface area contributed by atoms with E-state index in [0.29, 0.717) is 16.4 Å². The van der Waals surface area contributed by atoms with E-state index in [4.69, 9.17) is 16.3 Å². The fourth-order valence-electron chi connectivity index (χ4n) is 4.79. The number of hydrogen-bond donors (Lipinski definition) is 1. The van der Waals surface area contributed by atoms with E-state index in [9.17, 15) is 18.3 Å². The van der Waals surface area contributed by atoms with Gasteiger partial charge in [-0.1, -0.05) is 22.9 Å². The highest BCUT2D eigenvalue weighted by Crippen LogP contribution is 2.41. The summed E-state index contributed by atoms with van der Waals surface area (Å²) in [6, 6.07) is 8.65. The summed E-state index contributed by atoms with van der Waals surface area (Å²) in [7, 11) is -3.90. The van der Waals surface area contributed by atoms with Gasteiger partial charge in [-0.25, -0.2) is 18.1 Å². The van der Waals surface area contributed by atoms with Gasteiger partial charge in [-0.05, 0) is 61.7 Å². The van der Waals surface area contributed by atoms with Crippen molar-refractivity contribution in [3.63, 3.8) is 0 Å². The van der Waals surface area contributed by atoms with Crippen molar-refractivity contribution in [2.45, 2.75) is 57.2 Å². The van der Waals surface area contributed by atoms with Crippen molar-refractivity contribution in [1.82, 2.24) is 24.3 Å². The van der Waals surface area contributed by atoms with Gasteiger partial charge >= 0.3 is 5.97 Å². The zero-order valence-electron chi connectivity index (χ0n) is 21.0. The molecule has 5 rings (SSSR count). The molecule has 1 aliphatic heterocycles. The van der Waals surface area contributed by atoms with Gasteiger partial charge in [-0.3, -0.25) is 4.79 Å². The van der Waals surface area contributed by atoms with E-state index in [2.05, 4.69) is 15.3 Å². The highest BCUT2D eigenvalue weighted by atomic mass is 35.5. The molecule has 0 unspecified atom stereocenters. The van der Waals surface area contributed by atoms with Crippen LogP contribution in [0, 0.1) is 6.92 Å². The maximum Gasteiger partial charge on any atom is 0.304 e. The molecule has 0 saturated heterocycles. The fourth-order valence-corrected chi connectivity index (χ4v) is 7.75. The number of hydrogen-bond acceptors (Lipinski definition) is 8. The van der Waals surface area contributed by atoms with E-state index in [1.165, 1.54) is 27.9 Å². The van der Waals surface area contributed by atoms with Crippen LogP contribution in [0.15, 0.2) is 41.4 Å². The molecule has 200 valence electrons. The Bertz CT molecular complexity index is 1630. The second-order valence-corrected chi connectivity index (χ2v) is 12.8. The average molecular weight is 576 g/mol. The summed E-state index contributed by atoms with van der Waals surface area (Å²) in [6.45, 7) is 6.47. The van der Waals surface area contributed by atoms with Crippen LogP contribution in [-0.4, -0.2) is 56.4 Å². The number of benzene rings is 1. The Morgan fingerprint density at radius 1 is 1.34 bits per heavy atom. The largest absolute Gasteiger partial charge is 0.481 e. The van der Waals surface area contributed by atoms with Gasteiger partial charge in [-0.2, -0.15) is 4.31 Å². The average Bonchev–Trinajstić information content (AvgIpc) is 3.43. The number of carboxylic acids is 1. The zero-order chi connectivity index (χ0) is 27.2. The Balaban J connectivity index is 1.52. The minimum absolute atomic E-state index is 0.00346. The smallest absolute Gasteiger partial charge is 0.304 e. The van der Waals surface area contributed by atoms with Gasteiger partial charge in [-0.15, -0.1) is 16.4 Å². The summed E-state index contributed by atoms with van der Waals surface area (Å²) in [4.78, 5) is 16.7. The van der Waals surface area contributed by atoms with Gasteiger partial charge in [0, 0.05) is 30.1 Å². The van der Waals surface area contributed by atoms with E-state index < -0.39 is 28.0 Å². The van der Waals surface area contributed by atoms with Crippen LogP contribution in [0.5, 0.6) is 5.88 Å². The number of carbonyl (C=O) groups is 1. The van der Waals surface area contributed by atoms with Crippen LogP contribution >= 0.6 is 22.9 Å². The molecule has 13 heteroatoms. The number of rotatable bonds is 7. The van der Waals surface area contributed by atoms with Crippen molar-refractivity contribution < 1.29 is 23.1 Å². The quantitative estimate of drug-likeness (QED) is 0.342. The van der Waals surface area contributed by atoms with E-state index in [1.807, 2.05) is 32.0 Å². The van der Waals surface area contributed by atoms with Crippen molar-refractivity contribution in [3.05, 3.63) is 62.4 Å². The Hall–Kier alpha value is -3.06. The summed E-state index contributed by atoms with van der Waals surface area (Å²) >= 11 is 7.90. The van der Waals surface area contributed by atoms with Gasteiger partial charge < -0.3 is 9.84 Å². The molecule has 0 saturated carbocycles. The number of aromatic nitrogens is 4. The maximum atomic E-state index is 13.5. The highest BCUT2D eigenvalue weighted by molar-refractivity contribution is 7.89. The molecule has 0 spiro atoms. The third kappa shape index (κ3) is 4.77. The highest BCUT2D eigenvalue weighted by Gasteiger charge is 2.35. The predicted molar refractivity (Wildman–Crippen MR) is 143 cm³/mol. The Morgan fingerprint density at radius 3 is 2.87 bits per heavy atom. The van der Waals surface area contributed by atoms with E-state index in [1.54, 1.807) is 17.7 Å². The number of fused-ring (bicyclic) bond motifs is 2. The number of carboxylic acid groups (broad SMARTS) is 1. The van der Waals surface area contributed by atoms with E-state index in [-0.39, 0.29) is 30.3 Å². The minimum Gasteiger partial charge on any atom is -0.481 e. The SMILES string of the molecule is CCn1nnc2c(C)c([C@H](CC(=O)O)c3cc(CN4C[C@@H](C)Oc5ncccc5S4(=O)=O)c(Cl)s3)ccc21. The number of aliphatic carboxylic acids is 1. The van der Waals surface area contributed by atoms with Crippen LogP contribution in [0.3, 0.4) is 0 Å². The maximum absolute atomic E-state index is 13.5. The van der Waals surface area contributed by atoms with Gasteiger partial charge in [0.25, 0.3) is 0 Å². The molecule has 0 aliphatic carbocycles. The summed E-state index contributed by atoms with van der Waals surface area (Å²) in [6.07, 6.45) is 0.906. The summed E-state index contributed by atoms with van der Waals surface area (Å²) < 4.78 is 36.2. The van der Waals surface area contributed by atoms with Gasteiger partial charge in [0.1, 0.15) is 16.5 Å². The third-order valence-electron chi connectivity index (χ3n) is 6.63. The van der Waals surface area contributed by atoms with Crippen molar-refractivity contribution in [2.24, 2.45) is 0 Å². The predicted octanol–water partition coefficient (Wildman–Crippen LogP) is 4.45. The Labute approximate surface area is 228 Å². The number of nitrogens with zero attached hydrogens (tertiary/aromatic N) is 5. The summed E-state index contributed by atoms with van der Waals surface area (Å²) in [5, 5.41) is 18.2. The van der Waals surface area contributed by atoms with Crippen LogP contribution in [0.25, 0.3) is 11.0 Å². The molecule has 2 atom stereocenters. The first-order valence-corrected chi connectivity index (χ1v) is 14.7. The van der Waals surface area contributed by atoms with E-state index >= 15 is 0 Å². The molecular weight excluding hydrogens is 550 g/mol. The molecule has 4 heterocycles. The van der Waals surface area contributed by atoms with Crippen LogP contribution in [-0.2, 0) is 27.9 Å². The monoisotopic (exact) mass is 575 g/mol. The van der Waals surface area contributed by atoms with Gasteiger partial charge in [0.05, 0.1) is 22.8 Å². The molecule has 10 nitrogen and oxygen atoms in total. The van der Waals surface area contributed by atoms with Crippen molar-refractivity contribution in [1.29, 1.82) is 0 Å². The molecule has 0 amide bonds. The molecule has 0 radical (unpaired) electrons. The molecule has 1 aromatic carbocycles. The number of ether oxygens (including phenoxy) is 1. The van der Waals surface area contributed by atoms with Crippen molar-refractivity contribution in [3.8, 4) is 5.88 Å².